The predicted molar refractivity (Wildman–Crippen MR) is 75.0 cm³/mol. The van der Waals surface area contributed by atoms with Crippen LogP contribution in [0.2, 0.25) is 0 Å². The maximum Gasteiger partial charge on any atom is 0.229 e. The number of amides is 1. The maximum atomic E-state index is 13.4. The fraction of sp³-hybridized carbons (Fsp3) is 0.375. The SMILES string of the molecule is Cc1cc(CC(=O)N2CCC[C@@H]2c2ccc(F)c(F)c2)no1. The molecule has 0 unspecified atom stereocenters. The number of carbonyl (C=O) groups is 1. The highest BCUT2D eigenvalue weighted by atomic mass is 19.2. The summed E-state index contributed by atoms with van der Waals surface area (Å²) >= 11 is 0. The van der Waals surface area contributed by atoms with Gasteiger partial charge < -0.3 is 9.42 Å². The van der Waals surface area contributed by atoms with Crippen molar-refractivity contribution in [1.82, 2.24) is 10.1 Å². The molecule has 116 valence electrons. The van der Waals surface area contributed by atoms with Crippen LogP contribution in [-0.4, -0.2) is 22.5 Å². The van der Waals surface area contributed by atoms with Gasteiger partial charge in [-0.15, -0.1) is 0 Å². The van der Waals surface area contributed by atoms with Crippen molar-refractivity contribution in [2.75, 3.05) is 6.54 Å². The number of hydrogen-bond donors (Lipinski definition) is 0. The molecular weight excluding hydrogens is 290 g/mol. The largest absolute Gasteiger partial charge is 0.361 e. The number of halogens is 2. The Balaban J connectivity index is 1.77. The molecule has 22 heavy (non-hydrogen) atoms. The summed E-state index contributed by atoms with van der Waals surface area (Å²) in [6.45, 7) is 2.38. The quantitative estimate of drug-likeness (QED) is 0.875. The van der Waals surface area contributed by atoms with E-state index in [1.54, 1.807) is 17.9 Å². The van der Waals surface area contributed by atoms with Gasteiger partial charge in [-0.25, -0.2) is 8.78 Å². The lowest BCUT2D eigenvalue weighted by Gasteiger charge is -2.25. The van der Waals surface area contributed by atoms with Crippen LogP contribution in [0.3, 0.4) is 0 Å². The first kappa shape index (κ1) is 14.7. The van der Waals surface area contributed by atoms with Gasteiger partial charge in [0.25, 0.3) is 0 Å². The monoisotopic (exact) mass is 306 g/mol. The van der Waals surface area contributed by atoms with Gasteiger partial charge in [-0.1, -0.05) is 11.2 Å². The van der Waals surface area contributed by atoms with Crippen LogP contribution in [-0.2, 0) is 11.2 Å². The molecule has 1 saturated heterocycles. The van der Waals surface area contributed by atoms with E-state index >= 15 is 0 Å². The Hall–Kier alpha value is -2.24. The molecule has 1 aromatic heterocycles. The van der Waals surface area contributed by atoms with Crippen molar-refractivity contribution >= 4 is 5.91 Å². The van der Waals surface area contributed by atoms with Gasteiger partial charge in [-0.05, 0) is 37.5 Å². The van der Waals surface area contributed by atoms with Gasteiger partial charge >= 0.3 is 0 Å². The van der Waals surface area contributed by atoms with E-state index in [1.165, 1.54) is 12.1 Å². The highest BCUT2D eigenvalue weighted by Crippen LogP contribution is 2.33. The molecule has 0 saturated carbocycles. The zero-order valence-corrected chi connectivity index (χ0v) is 12.2. The summed E-state index contributed by atoms with van der Waals surface area (Å²) in [7, 11) is 0. The molecule has 3 rings (SSSR count). The third-order valence-corrected chi connectivity index (χ3v) is 3.91. The molecule has 0 bridgehead atoms. The summed E-state index contributed by atoms with van der Waals surface area (Å²) in [4.78, 5) is 14.1. The van der Waals surface area contributed by atoms with E-state index in [4.69, 9.17) is 4.52 Å². The lowest BCUT2D eigenvalue weighted by Crippen LogP contribution is -2.32. The van der Waals surface area contributed by atoms with Gasteiger partial charge in [-0.3, -0.25) is 4.79 Å². The molecule has 1 amide bonds. The minimum Gasteiger partial charge on any atom is -0.361 e. The Labute approximate surface area is 126 Å². The van der Waals surface area contributed by atoms with Crippen LogP contribution in [0.5, 0.6) is 0 Å². The minimum atomic E-state index is -0.885. The van der Waals surface area contributed by atoms with E-state index in [2.05, 4.69) is 5.16 Å². The Morgan fingerprint density at radius 3 is 2.86 bits per heavy atom. The van der Waals surface area contributed by atoms with E-state index in [-0.39, 0.29) is 18.4 Å². The second kappa shape index (κ2) is 5.87. The van der Waals surface area contributed by atoms with E-state index in [0.717, 1.165) is 18.9 Å². The zero-order chi connectivity index (χ0) is 15.7. The normalized spacial score (nSPS) is 18.0. The van der Waals surface area contributed by atoms with Crippen molar-refractivity contribution in [3.05, 3.63) is 52.9 Å². The van der Waals surface area contributed by atoms with Crippen LogP contribution >= 0.6 is 0 Å². The summed E-state index contributed by atoms with van der Waals surface area (Å²) in [5.74, 6) is -1.19. The molecule has 0 radical (unpaired) electrons. The number of carbonyl (C=O) groups excluding carboxylic acids is 1. The van der Waals surface area contributed by atoms with Crippen molar-refractivity contribution in [1.29, 1.82) is 0 Å². The molecule has 6 heteroatoms. The number of aromatic nitrogens is 1. The lowest BCUT2D eigenvalue weighted by molar-refractivity contribution is -0.131. The molecule has 2 heterocycles. The van der Waals surface area contributed by atoms with Gasteiger partial charge in [0.05, 0.1) is 18.2 Å². The average Bonchev–Trinajstić information content (AvgIpc) is 3.11. The Morgan fingerprint density at radius 1 is 1.36 bits per heavy atom. The molecule has 2 aromatic rings. The zero-order valence-electron chi connectivity index (χ0n) is 12.2. The van der Waals surface area contributed by atoms with Gasteiger partial charge in [0.15, 0.2) is 11.6 Å². The topological polar surface area (TPSA) is 46.3 Å². The van der Waals surface area contributed by atoms with E-state index in [1.807, 2.05) is 0 Å². The predicted octanol–water partition coefficient (Wildman–Crippen LogP) is 3.17. The van der Waals surface area contributed by atoms with Crippen LogP contribution in [0.1, 0.15) is 35.9 Å². The highest BCUT2D eigenvalue weighted by molar-refractivity contribution is 5.79. The standard InChI is InChI=1S/C16H16F2N2O2/c1-10-7-12(19-22-10)9-16(21)20-6-2-3-15(20)11-4-5-13(17)14(18)8-11/h4-5,7-8,15H,2-3,6,9H2,1H3/t15-/m1/s1. The number of benzene rings is 1. The van der Waals surface area contributed by atoms with Gasteiger partial charge in [0.1, 0.15) is 5.76 Å². The van der Waals surface area contributed by atoms with E-state index in [9.17, 15) is 13.6 Å². The summed E-state index contributed by atoms with van der Waals surface area (Å²) < 4.78 is 31.4. The van der Waals surface area contributed by atoms with Crippen molar-refractivity contribution in [2.45, 2.75) is 32.2 Å². The molecule has 0 aliphatic carbocycles. The molecule has 1 atom stereocenters. The Kier molecular flexibility index (Phi) is 3.92. The molecule has 0 spiro atoms. The number of nitrogens with zero attached hydrogens (tertiary/aromatic N) is 2. The van der Waals surface area contributed by atoms with Crippen LogP contribution in [0.25, 0.3) is 0 Å². The lowest BCUT2D eigenvalue weighted by atomic mass is 10.0. The van der Waals surface area contributed by atoms with Gasteiger partial charge in [-0.2, -0.15) is 0 Å². The summed E-state index contributed by atoms with van der Waals surface area (Å²) in [5.41, 5.74) is 1.21. The first-order valence-electron chi connectivity index (χ1n) is 7.21. The van der Waals surface area contributed by atoms with Crippen LogP contribution in [0, 0.1) is 18.6 Å². The summed E-state index contributed by atoms with van der Waals surface area (Å²) in [6.07, 6.45) is 1.74. The number of rotatable bonds is 3. The van der Waals surface area contributed by atoms with Crippen molar-refractivity contribution in [3.8, 4) is 0 Å². The number of aryl methyl sites for hydroxylation is 1. The number of likely N-dealkylation sites (tertiary alicyclic amines) is 1. The number of hydrogen-bond acceptors (Lipinski definition) is 3. The van der Waals surface area contributed by atoms with Crippen LogP contribution < -0.4 is 0 Å². The average molecular weight is 306 g/mol. The van der Waals surface area contributed by atoms with Gasteiger partial charge in [0.2, 0.25) is 5.91 Å². The molecule has 1 aliphatic heterocycles. The molecule has 4 nitrogen and oxygen atoms in total. The summed E-state index contributed by atoms with van der Waals surface area (Å²) in [5, 5.41) is 3.82. The van der Waals surface area contributed by atoms with Crippen LogP contribution in [0.15, 0.2) is 28.8 Å². The Bertz CT molecular complexity index is 699. The maximum absolute atomic E-state index is 13.4. The molecular formula is C16H16F2N2O2. The Morgan fingerprint density at radius 2 is 2.18 bits per heavy atom. The van der Waals surface area contributed by atoms with E-state index < -0.39 is 11.6 Å². The third kappa shape index (κ3) is 2.86. The molecule has 1 fully saturated rings. The van der Waals surface area contributed by atoms with E-state index in [0.29, 0.717) is 23.6 Å². The fourth-order valence-corrected chi connectivity index (χ4v) is 2.89. The van der Waals surface area contributed by atoms with Crippen molar-refractivity contribution < 1.29 is 18.1 Å². The molecule has 0 N–H and O–H groups in total. The smallest absolute Gasteiger partial charge is 0.229 e. The summed E-state index contributed by atoms with van der Waals surface area (Å²) in [6, 6.07) is 5.32. The second-order valence-electron chi connectivity index (χ2n) is 5.52. The molecule has 1 aliphatic rings. The first-order valence-corrected chi connectivity index (χ1v) is 7.21. The third-order valence-electron chi connectivity index (χ3n) is 3.91. The fourth-order valence-electron chi connectivity index (χ4n) is 2.89. The molecule has 1 aromatic carbocycles. The highest BCUT2D eigenvalue weighted by Gasteiger charge is 2.30. The van der Waals surface area contributed by atoms with Crippen molar-refractivity contribution in [2.24, 2.45) is 0 Å². The first-order chi connectivity index (χ1) is 10.5. The van der Waals surface area contributed by atoms with Crippen molar-refractivity contribution in [3.63, 3.8) is 0 Å². The second-order valence-corrected chi connectivity index (χ2v) is 5.52. The minimum absolute atomic E-state index is 0.0828. The van der Waals surface area contributed by atoms with Gasteiger partial charge in [0, 0.05) is 12.6 Å². The van der Waals surface area contributed by atoms with Crippen LogP contribution in [0.4, 0.5) is 8.78 Å².